The first-order chi connectivity index (χ1) is 7.79. The van der Waals surface area contributed by atoms with Crippen molar-refractivity contribution in [2.45, 2.75) is 0 Å². The summed E-state index contributed by atoms with van der Waals surface area (Å²) in [5.74, 6) is 0.389. The van der Waals surface area contributed by atoms with E-state index in [1.165, 1.54) is 0 Å². The Morgan fingerprint density at radius 2 is 2.38 bits per heavy atom. The van der Waals surface area contributed by atoms with Crippen molar-refractivity contribution >= 4 is 27.5 Å². The van der Waals surface area contributed by atoms with Crippen molar-refractivity contribution < 1.29 is 4.79 Å². The number of nitrogens with zero attached hydrogens (tertiary/aromatic N) is 3. The SMILES string of the molecule is O=C(CBr)Nc1cccc(-c2nn[nH]n2)c1. The number of aromatic nitrogens is 4. The molecule has 2 rings (SSSR count). The van der Waals surface area contributed by atoms with Crippen molar-refractivity contribution in [3.05, 3.63) is 24.3 Å². The van der Waals surface area contributed by atoms with E-state index < -0.39 is 0 Å². The van der Waals surface area contributed by atoms with E-state index in [1.54, 1.807) is 12.1 Å². The summed E-state index contributed by atoms with van der Waals surface area (Å²) in [6.07, 6.45) is 0. The highest BCUT2D eigenvalue weighted by Gasteiger charge is 2.05. The molecule has 6 nitrogen and oxygen atoms in total. The Morgan fingerprint density at radius 3 is 3.06 bits per heavy atom. The van der Waals surface area contributed by atoms with Crippen molar-refractivity contribution in [2.24, 2.45) is 0 Å². The van der Waals surface area contributed by atoms with Crippen LogP contribution >= 0.6 is 15.9 Å². The van der Waals surface area contributed by atoms with E-state index in [9.17, 15) is 4.79 Å². The normalized spacial score (nSPS) is 10.1. The number of alkyl halides is 1. The molecule has 0 radical (unpaired) electrons. The summed E-state index contributed by atoms with van der Waals surface area (Å²) in [6.45, 7) is 0. The Morgan fingerprint density at radius 1 is 1.50 bits per heavy atom. The van der Waals surface area contributed by atoms with Gasteiger partial charge in [-0.3, -0.25) is 4.79 Å². The van der Waals surface area contributed by atoms with Crippen LogP contribution in [0.3, 0.4) is 0 Å². The lowest BCUT2D eigenvalue weighted by atomic mass is 10.2. The second-order valence-electron chi connectivity index (χ2n) is 3.00. The third kappa shape index (κ3) is 2.43. The van der Waals surface area contributed by atoms with Crippen LogP contribution in [0.1, 0.15) is 0 Å². The maximum Gasteiger partial charge on any atom is 0.235 e. The summed E-state index contributed by atoms with van der Waals surface area (Å²) in [5.41, 5.74) is 1.49. The Hall–Kier alpha value is -1.76. The molecule has 0 saturated carbocycles. The average molecular weight is 282 g/mol. The minimum atomic E-state index is -0.106. The molecule has 82 valence electrons. The highest BCUT2D eigenvalue weighted by atomic mass is 79.9. The van der Waals surface area contributed by atoms with Crippen molar-refractivity contribution in [1.82, 2.24) is 20.6 Å². The lowest BCUT2D eigenvalue weighted by Crippen LogP contribution is -2.12. The van der Waals surface area contributed by atoms with Crippen LogP contribution in [0.15, 0.2) is 24.3 Å². The number of H-pyrrole nitrogens is 1. The molecule has 7 heteroatoms. The Balaban J connectivity index is 2.23. The van der Waals surface area contributed by atoms with E-state index in [-0.39, 0.29) is 11.2 Å². The zero-order valence-corrected chi connectivity index (χ0v) is 9.73. The largest absolute Gasteiger partial charge is 0.325 e. The molecule has 0 aliphatic heterocycles. The van der Waals surface area contributed by atoms with Gasteiger partial charge in [-0.15, -0.1) is 10.2 Å². The van der Waals surface area contributed by atoms with Crippen LogP contribution < -0.4 is 5.32 Å². The molecule has 0 unspecified atom stereocenters. The topological polar surface area (TPSA) is 83.6 Å². The summed E-state index contributed by atoms with van der Waals surface area (Å²) >= 11 is 3.08. The van der Waals surface area contributed by atoms with Gasteiger partial charge in [0.05, 0.1) is 5.33 Å². The van der Waals surface area contributed by atoms with Crippen LogP contribution in [0.25, 0.3) is 11.4 Å². The van der Waals surface area contributed by atoms with E-state index >= 15 is 0 Å². The number of rotatable bonds is 3. The van der Waals surface area contributed by atoms with Gasteiger partial charge in [0.15, 0.2) is 0 Å². The first kappa shape index (κ1) is 10.7. The van der Waals surface area contributed by atoms with E-state index in [2.05, 4.69) is 41.9 Å². The second kappa shape index (κ2) is 4.84. The van der Waals surface area contributed by atoms with E-state index in [4.69, 9.17) is 0 Å². The number of amides is 1. The number of carbonyl (C=O) groups excluding carboxylic acids is 1. The van der Waals surface area contributed by atoms with E-state index in [1.807, 2.05) is 12.1 Å². The molecule has 0 aliphatic rings. The number of hydrogen-bond donors (Lipinski definition) is 2. The minimum Gasteiger partial charge on any atom is -0.325 e. The van der Waals surface area contributed by atoms with Gasteiger partial charge >= 0.3 is 0 Å². The molecule has 1 heterocycles. The molecule has 1 amide bonds. The zero-order valence-electron chi connectivity index (χ0n) is 8.14. The fourth-order valence-electron chi connectivity index (χ4n) is 1.21. The first-order valence-electron chi connectivity index (χ1n) is 4.49. The van der Waals surface area contributed by atoms with Gasteiger partial charge in [0.1, 0.15) is 0 Å². The quantitative estimate of drug-likeness (QED) is 0.828. The first-order valence-corrected chi connectivity index (χ1v) is 5.61. The summed E-state index contributed by atoms with van der Waals surface area (Å²) < 4.78 is 0. The molecule has 2 aromatic rings. The molecule has 1 aromatic heterocycles. The number of carbonyl (C=O) groups is 1. The number of aromatic amines is 1. The number of anilines is 1. The maximum atomic E-state index is 11.2. The predicted octanol–water partition coefficient (Wildman–Crippen LogP) is 1.20. The summed E-state index contributed by atoms with van der Waals surface area (Å²) in [6, 6.07) is 7.24. The van der Waals surface area contributed by atoms with Gasteiger partial charge in [-0.1, -0.05) is 28.1 Å². The van der Waals surface area contributed by atoms with Crippen LogP contribution in [0, 0.1) is 0 Å². The van der Waals surface area contributed by atoms with E-state index in [0.29, 0.717) is 11.5 Å². The third-order valence-electron chi connectivity index (χ3n) is 1.87. The van der Waals surface area contributed by atoms with E-state index in [0.717, 1.165) is 5.56 Å². The highest BCUT2D eigenvalue weighted by Crippen LogP contribution is 2.18. The van der Waals surface area contributed by atoms with Crippen LogP contribution in [0.5, 0.6) is 0 Å². The van der Waals surface area contributed by atoms with Gasteiger partial charge in [-0.25, -0.2) is 0 Å². The van der Waals surface area contributed by atoms with Gasteiger partial charge in [0, 0.05) is 11.3 Å². The summed E-state index contributed by atoms with van der Waals surface area (Å²) in [4.78, 5) is 11.2. The molecule has 0 spiro atoms. The molecule has 2 N–H and O–H groups in total. The van der Waals surface area contributed by atoms with Crippen molar-refractivity contribution in [3.63, 3.8) is 0 Å². The van der Waals surface area contributed by atoms with Gasteiger partial charge in [0.2, 0.25) is 11.7 Å². The van der Waals surface area contributed by atoms with Crippen molar-refractivity contribution in [3.8, 4) is 11.4 Å². The summed E-state index contributed by atoms with van der Waals surface area (Å²) in [5, 5.41) is 16.5. The molecular weight excluding hydrogens is 274 g/mol. The molecule has 16 heavy (non-hydrogen) atoms. The standard InChI is InChI=1S/C9H8BrN5O/c10-5-8(16)11-7-3-1-2-6(4-7)9-12-14-15-13-9/h1-4H,5H2,(H,11,16)(H,12,13,14,15). The summed E-state index contributed by atoms with van der Waals surface area (Å²) in [7, 11) is 0. The predicted molar refractivity (Wildman–Crippen MR) is 62.0 cm³/mol. The number of halogens is 1. The van der Waals surface area contributed by atoms with Crippen LogP contribution in [0.4, 0.5) is 5.69 Å². The Bertz CT molecular complexity index is 484. The monoisotopic (exact) mass is 281 g/mol. The minimum absolute atomic E-state index is 0.106. The number of benzene rings is 1. The fraction of sp³-hybridized carbons (Fsp3) is 0.111. The van der Waals surface area contributed by atoms with Gasteiger partial charge in [-0.2, -0.15) is 5.21 Å². The van der Waals surface area contributed by atoms with Crippen molar-refractivity contribution in [2.75, 3.05) is 10.6 Å². The molecule has 0 saturated heterocycles. The lowest BCUT2D eigenvalue weighted by Gasteiger charge is -2.03. The third-order valence-corrected chi connectivity index (χ3v) is 2.38. The molecule has 0 bridgehead atoms. The maximum absolute atomic E-state index is 11.2. The van der Waals surface area contributed by atoms with Gasteiger partial charge in [-0.05, 0) is 17.3 Å². The highest BCUT2D eigenvalue weighted by molar-refractivity contribution is 9.09. The smallest absolute Gasteiger partial charge is 0.235 e. The van der Waals surface area contributed by atoms with Gasteiger partial charge in [0.25, 0.3) is 0 Å². The molecule has 0 fully saturated rings. The number of nitrogens with one attached hydrogen (secondary N) is 2. The molecule has 0 atom stereocenters. The average Bonchev–Trinajstić information content (AvgIpc) is 2.83. The molecular formula is C9H8BrN5O. The van der Waals surface area contributed by atoms with Crippen LogP contribution in [-0.2, 0) is 4.79 Å². The number of hydrogen-bond acceptors (Lipinski definition) is 4. The Labute approximate surface area is 99.6 Å². The molecule has 0 aliphatic carbocycles. The zero-order chi connectivity index (χ0) is 11.4. The second-order valence-corrected chi connectivity index (χ2v) is 3.56. The fourth-order valence-corrected chi connectivity index (χ4v) is 1.35. The number of tetrazole rings is 1. The van der Waals surface area contributed by atoms with Crippen LogP contribution in [0.2, 0.25) is 0 Å². The Kier molecular flexibility index (Phi) is 3.25. The van der Waals surface area contributed by atoms with Crippen LogP contribution in [-0.4, -0.2) is 31.9 Å². The molecule has 1 aromatic carbocycles. The lowest BCUT2D eigenvalue weighted by molar-refractivity contribution is -0.113. The van der Waals surface area contributed by atoms with Gasteiger partial charge < -0.3 is 5.32 Å². The van der Waals surface area contributed by atoms with Crippen molar-refractivity contribution in [1.29, 1.82) is 0 Å².